The van der Waals surface area contributed by atoms with Crippen molar-refractivity contribution in [2.45, 2.75) is 54.4 Å². The second-order valence-electron chi connectivity index (χ2n) is 8.62. The van der Waals surface area contributed by atoms with E-state index in [2.05, 4.69) is 61.5 Å². The summed E-state index contributed by atoms with van der Waals surface area (Å²) < 4.78 is 0. The molecule has 0 aliphatic rings. The fourth-order valence-electron chi connectivity index (χ4n) is 3.92. The SMILES string of the molecule is C=CC(=C\CC)/C(=C\C(=C/C)C(=C\C)\N(C)/C(C)=C/CC)/C=C(\C)NC(=C)c1c(O)c(O)c(Cl)c(O)c1O. The molecule has 206 valence electrons. The fraction of sp³-hybridized carbons (Fsp3) is 0.290. The number of halogens is 1. The highest BCUT2D eigenvalue weighted by Crippen LogP contribution is 2.50. The van der Waals surface area contributed by atoms with Gasteiger partial charge in [0.1, 0.15) is 5.02 Å². The standard InChI is InChI=1S/C31H41ClN2O4/c1-10-15-20(7)34(9)25(14-5)23(13-4)18-24(22(12-3)16-11-2)17-19(6)33-21(8)26-28(35)30(37)27(32)31(38)29(26)36/h12-18,33,35-38H,3,8,10-11H2,1-2,4-7,9H3/b19-17+,20-15+,22-16+,23-13+,24-18-,25-14-. The molecule has 0 saturated carbocycles. The van der Waals surface area contributed by atoms with E-state index >= 15 is 0 Å². The monoisotopic (exact) mass is 540 g/mol. The van der Waals surface area contributed by atoms with Crippen LogP contribution in [0.4, 0.5) is 0 Å². The lowest BCUT2D eigenvalue weighted by Crippen LogP contribution is -2.16. The molecule has 0 saturated heterocycles. The van der Waals surface area contributed by atoms with Crippen LogP contribution in [0.1, 0.15) is 59.9 Å². The molecule has 1 aromatic rings. The summed E-state index contributed by atoms with van der Waals surface area (Å²) in [6.45, 7) is 19.9. The van der Waals surface area contributed by atoms with Gasteiger partial charge >= 0.3 is 0 Å². The minimum atomic E-state index is -0.755. The molecule has 0 aliphatic carbocycles. The second-order valence-corrected chi connectivity index (χ2v) is 8.99. The summed E-state index contributed by atoms with van der Waals surface area (Å²) in [5, 5.41) is 43.2. The zero-order valence-corrected chi connectivity index (χ0v) is 24.2. The topological polar surface area (TPSA) is 96.2 Å². The lowest BCUT2D eigenvalue weighted by molar-refractivity contribution is 0.371. The van der Waals surface area contributed by atoms with Gasteiger partial charge in [0.25, 0.3) is 0 Å². The number of allylic oxidation sites excluding steroid dienone is 11. The number of rotatable bonds is 12. The van der Waals surface area contributed by atoms with Crippen LogP contribution in [0.25, 0.3) is 5.70 Å². The Morgan fingerprint density at radius 3 is 1.87 bits per heavy atom. The van der Waals surface area contributed by atoms with E-state index in [9.17, 15) is 20.4 Å². The highest BCUT2D eigenvalue weighted by molar-refractivity contribution is 6.34. The molecular weight excluding hydrogens is 500 g/mol. The highest BCUT2D eigenvalue weighted by atomic mass is 35.5. The molecule has 0 atom stereocenters. The number of benzene rings is 1. The van der Waals surface area contributed by atoms with Gasteiger partial charge in [0.15, 0.2) is 23.0 Å². The summed E-state index contributed by atoms with van der Waals surface area (Å²) in [5.41, 5.74) is 5.38. The van der Waals surface area contributed by atoms with Gasteiger partial charge in [-0.2, -0.15) is 0 Å². The van der Waals surface area contributed by atoms with Gasteiger partial charge in [-0.15, -0.1) is 0 Å². The normalized spacial score (nSPS) is 14.0. The Balaban J connectivity index is 3.62. The smallest absolute Gasteiger partial charge is 0.181 e. The third-order valence-electron chi connectivity index (χ3n) is 5.92. The average Bonchev–Trinajstić information content (AvgIpc) is 2.88. The van der Waals surface area contributed by atoms with Gasteiger partial charge in [-0.1, -0.05) is 69.0 Å². The van der Waals surface area contributed by atoms with E-state index in [1.54, 1.807) is 13.0 Å². The van der Waals surface area contributed by atoms with Crippen molar-refractivity contribution in [1.29, 1.82) is 0 Å². The Kier molecular flexibility index (Phi) is 12.6. The van der Waals surface area contributed by atoms with Crippen LogP contribution >= 0.6 is 11.6 Å². The van der Waals surface area contributed by atoms with Crippen molar-refractivity contribution in [3.05, 3.63) is 100 Å². The van der Waals surface area contributed by atoms with Crippen molar-refractivity contribution in [3.8, 4) is 23.0 Å². The number of hydrogen-bond acceptors (Lipinski definition) is 6. The van der Waals surface area contributed by atoms with Crippen LogP contribution in [0.5, 0.6) is 23.0 Å². The molecule has 1 rings (SSSR count). The molecule has 0 radical (unpaired) electrons. The number of nitrogens with one attached hydrogen (secondary N) is 1. The van der Waals surface area contributed by atoms with Crippen LogP contribution in [-0.4, -0.2) is 32.4 Å². The molecule has 6 nitrogen and oxygen atoms in total. The molecule has 7 heteroatoms. The lowest BCUT2D eigenvalue weighted by Gasteiger charge is -2.25. The molecule has 1 aromatic carbocycles. The van der Waals surface area contributed by atoms with Crippen molar-refractivity contribution < 1.29 is 20.4 Å². The van der Waals surface area contributed by atoms with Crippen LogP contribution in [-0.2, 0) is 0 Å². The fourth-order valence-corrected chi connectivity index (χ4v) is 4.10. The van der Waals surface area contributed by atoms with Gasteiger partial charge in [0, 0.05) is 29.8 Å². The Labute approximate surface area is 232 Å². The lowest BCUT2D eigenvalue weighted by atomic mass is 9.98. The molecule has 0 unspecified atom stereocenters. The molecule has 0 aliphatic heterocycles. The molecule has 0 fully saturated rings. The van der Waals surface area contributed by atoms with E-state index < -0.39 is 28.0 Å². The minimum absolute atomic E-state index is 0.0513. The average molecular weight is 541 g/mol. The van der Waals surface area contributed by atoms with Gasteiger partial charge in [-0.25, -0.2) is 0 Å². The van der Waals surface area contributed by atoms with Crippen molar-refractivity contribution >= 4 is 17.3 Å². The zero-order chi connectivity index (χ0) is 29.2. The number of hydrogen-bond donors (Lipinski definition) is 5. The van der Waals surface area contributed by atoms with Gasteiger partial charge in [-0.05, 0) is 69.4 Å². The number of phenols is 4. The maximum Gasteiger partial charge on any atom is 0.181 e. The largest absolute Gasteiger partial charge is 0.504 e. The van der Waals surface area contributed by atoms with Crippen LogP contribution in [0.2, 0.25) is 5.02 Å². The molecule has 0 aromatic heterocycles. The summed E-state index contributed by atoms with van der Waals surface area (Å²) in [4.78, 5) is 2.14. The van der Waals surface area contributed by atoms with E-state index in [1.165, 1.54) is 0 Å². The van der Waals surface area contributed by atoms with Crippen molar-refractivity contribution in [2.24, 2.45) is 0 Å². The Bertz CT molecular complexity index is 1220. The summed E-state index contributed by atoms with van der Waals surface area (Å²) in [5.74, 6) is -2.90. The van der Waals surface area contributed by atoms with Gasteiger partial charge in [-0.3, -0.25) is 0 Å². The molecule has 0 spiro atoms. The first-order valence-electron chi connectivity index (χ1n) is 12.5. The van der Waals surface area contributed by atoms with Crippen LogP contribution < -0.4 is 5.32 Å². The molecule has 0 heterocycles. The number of nitrogens with zero attached hydrogens (tertiary/aromatic N) is 1. The molecule has 38 heavy (non-hydrogen) atoms. The molecule has 5 N–H and O–H groups in total. The number of phenolic OH excluding ortho intramolecular Hbond substituents is 4. The highest BCUT2D eigenvalue weighted by Gasteiger charge is 2.24. The maximum absolute atomic E-state index is 10.3. The van der Waals surface area contributed by atoms with E-state index in [0.29, 0.717) is 5.70 Å². The van der Waals surface area contributed by atoms with Gasteiger partial charge in [0.2, 0.25) is 0 Å². The van der Waals surface area contributed by atoms with E-state index in [0.717, 1.165) is 41.0 Å². The summed E-state index contributed by atoms with van der Waals surface area (Å²) in [6.07, 6.45) is 15.8. The van der Waals surface area contributed by atoms with Crippen LogP contribution in [0.15, 0.2) is 89.5 Å². The van der Waals surface area contributed by atoms with Crippen LogP contribution in [0, 0.1) is 0 Å². The second kappa shape index (κ2) is 14.8. The third-order valence-corrected chi connectivity index (χ3v) is 6.28. The molecule has 0 amide bonds. The Morgan fingerprint density at radius 2 is 1.42 bits per heavy atom. The first-order valence-corrected chi connectivity index (χ1v) is 12.9. The molecule has 0 bridgehead atoms. The van der Waals surface area contributed by atoms with E-state index in [4.69, 9.17) is 11.6 Å². The summed E-state index contributed by atoms with van der Waals surface area (Å²) in [6, 6.07) is 0. The van der Waals surface area contributed by atoms with E-state index in [1.807, 2.05) is 40.0 Å². The predicted molar refractivity (Wildman–Crippen MR) is 160 cm³/mol. The quantitative estimate of drug-likeness (QED) is 0.104. The predicted octanol–water partition coefficient (Wildman–Crippen LogP) is 8.17. The van der Waals surface area contributed by atoms with Crippen molar-refractivity contribution in [1.82, 2.24) is 10.2 Å². The Morgan fingerprint density at radius 1 is 0.868 bits per heavy atom. The van der Waals surface area contributed by atoms with Gasteiger partial charge < -0.3 is 30.6 Å². The zero-order valence-electron chi connectivity index (χ0n) is 23.5. The third kappa shape index (κ3) is 7.62. The van der Waals surface area contributed by atoms with E-state index in [-0.39, 0.29) is 11.3 Å². The first-order chi connectivity index (χ1) is 17.9. The maximum atomic E-state index is 10.3. The summed E-state index contributed by atoms with van der Waals surface area (Å²) >= 11 is 5.76. The Hall–Kier alpha value is -3.77. The first kappa shape index (κ1) is 32.3. The number of likely N-dealkylation sites (N-methyl/N-ethyl adjacent to an activating group) is 1. The summed E-state index contributed by atoms with van der Waals surface area (Å²) in [7, 11) is 2.03. The van der Waals surface area contributed by atoms with Crippen molar-refractivity contribution in [3.63, 3.8) is 0 Å². The number of aromatic hydroxyl groups is 4. The van der Waals surface area contributed by atoms with Crippen LogP contribution in [0.3, 0.4) is 0 Å². The minimum Gasteiger partial charge on any atom is -0.504 e. The molecular formula is C31H41ClN2O4. The van der Waals surface area contributed by atoms with Crippen molar-refractivity contribution in [2.75, 3.05) is 7.05 Å². The van der Waals surface area contributed by atoms with Gasteiger partial charge in [0.05, 0.1) is 5.56 Å².